The number of rotatable bonds is 6. The second-order valence-electron chi connectivity index (χ2n) is 16.0. The Morgan fingerprint density at radius 1 is 0.333 bits per heavy atom. The van der Waals surface area contributed by atoms with Gasteiger partial charge in [0.1, 0.15) is 5.58 Å². The highest BCUT2D eigenvalue weighted by Gasteiger charge is 2.24. The maximum atomic E-state index is 6.89. The van der Waals surface area contributed by atoms with E-state index >= 15 is 0 Å². The topological polar surface area (TPSA) is 61.7 Å². The predicted molar refractivity (Wildman–Crippen MR) is 258 cm³/mol. The monoisotopic (exact) mass is 805 g/mol. The summed E-state index contributed by atoms with van der Waals surface area (Å²) in [6.45, 7) is 0. The fourth-order valence-electron chi connectivity index (χ4n) is 9.51. The molecule has 4 heterocycles. The van der Waals surface area contributed by atoms with Gasteiger partial charge >= 0.3 is 0 Å². The van der Waals surface area contributed by atoms with E-state index in [1.807, 2.05) is 30.3 Å². The van der Waals surface area contributed by atoms with E-state index < -0.39 is 0 Å². The van der Waals surface area contributed by atoms with Gasteiger partial charge in [-0.1, -0.05) is 176 Å². The molecule has 6 heteroatoms. The summed E-state index contributed by atoms with van der Waals surface area (Å²) in [4.78, 5) is 15.7. The van der Waals surface area contributed by atoms with Gasteiger partial charge in [0.05, 0.1) is 27.8 Å². The van der Waals surface area contributed by atoms with Gasteiger partial charge in [-0.25, -0.2) is 4.98 Å². The maximum absolute atomic E-state index is 6.89. The van der Waals surface area contributed by atoms with Gasteiger partial charge in [0.25, 0.3) is 0 Å². The van der Waals surface area contributed by atoms with E-state index in [0.29, 0.717) is 17.6 Å². The van der Waals surface area contributed by atoms with Gasteiger partial charge < -0.3 is 8.98 Å². The first-order valence-corrected chi connectivity index (χ1v) is 21.2. The lowest BCUT2D eigenvalue weighted by Gasteiger charge is -2.13. The summed E-state index contributed by atoms with van der Waals surface area (Å²) in [7, 11) is 0. The molecule has 0 bridgehead atoms. The van der Waals surface area contributed by atoms with Crippen LogP contribution < -0.4 is 0 Å². The number of hydrogen-bond donors (Lipinski definition) is 0. The summed E-state index contributed by atoms with van der Waals surface area (Å²) in [6, 6.07) is 74.3. The second kappa shape index (κ2) is 14.0. The van der Waals surface area contributed by atoms with Gasteiger partial charge in [-0.15, -0.1) is 0 Å². The van der Waals surface area contributed by atoms with Crippen molar-refractivity contribution in [2.75, 3.05) is 0 Å². The van der Waals surface area contributed by atoms with Crippen LogP contribution in [0.5, 0.6) is 0 Å². The van der Waals surface area contributed by atoms with Crippen LogP contribution in [-0.4, -0.2) is 24.1 Å². The molecular formula is C57H35N5O. The molecule has 0 saturated carbocycles. The van der Waals surface area contributed by atoms with Crippen LogP contribution in [0.1, 0.15) is 0 Å². The lowest BCUT2D eigenvalue weighted by molar-refractivity contribution is 0.666. The Balaban J connectivity index is 1.09. The van der Waals surface area contributed by atoms with Gasteiger partial charge in [-0.2, -0.15) is 9.97 Å². The van der Waals surface area contributed by atoms with Gasteiger partial charge in [-0.05, 0) is 58.7 Å². The van der Waals surface area contributed by atoms with Gasteiger partial charge in [0.2, 0.25) is 5.95 Å². The number of nitrogens with zero attached hydrogens (tertiary/aromatic N) is 5. The first-order chi connectivity index (χ1) is 31.2. The molecule has 0 radical (unpaired) electrons. The van der Waals surface area contributed by atoms with Crippen molar-refractivity contribution >= 4 is 65.6 Å². The summed E-state index contributed by atoms with van der Waals surface area (Å²) < 4.78 is 11.5. The zero-order chi connectivity index (χ0) is 41.4. The fourth-order valence-corrected chi connectivity index (χ4v) is 9.51. The average molecular weight is 806 g/mol. The van der Waals surface area contributed by atoms with E-state index in [1.165, 1.54) is 0 Å². The molecule has 0 spiro atoms. The van der Waals surface area contributed by atoms with Crippen molar-refractivity contribution in [2.45, 2.75) is 0 Å². The van der Waals surface area contributed by atoms with Crippen molar-refractivity contribution in [3.63, 3.8) is 0 Å². The Morgan fingerprint density at radius 3 is 1.49 bits per heavy atom. The molecule has 9 aromatic carbocycles. The SMILES string of the molecule is c1ccc(-c2ccc(-c3nc(-c4ccccc4)nc(-n4c5ccccc5c5cc6c7ccccc7n(-c7ccc(-c8ccccc8)c8c7oc7ccccc78)c6cc54)n3)cc2)cc1. The van der Waals surface area contributed by atoms with Gasteiger partial charge in [0, 0.05) is 43.4 Å². The fraction of sp³-hybridized carbons (Fsp3) is 0. The Kier molecular flexibility index (Phi) is 7.80. The number of para-hydroxylation sites is 3. The highest BCUT2D eigenvalue weighted by molar-refractivity contribution is 6.21. The van der Waals surface area contributed by atoms with Crippen molar-refractivity contribution in [2.24, 2.45) is 0 Å². The first-order valence-electron chi connectivity index (χ1n) is 21.2. The summed E-state index contributed by atoms with van der Waals surface area (Å²) in [5.41, 5.74) is 13.2. The Labute approximate surface area is 361 Å². The van der Waals surface area contributed by atoms with E-state index in [2.05, 4.69) is 191 Å². The number of fused-ring (bicyclic) bond motifs is 9. The zero-order valence-corrected chi connectivity index (χ0v) is 33.9. The Hall–Kier alpha value is -8.61. The summed E-state index contributed by atoms with van der Waals surface area (Å²) in [5.74, 6) is 1.76. The average Bonchev–Trinajstić information content (AvgIpc) is 4.02. The molecule has 6 nitrogen and oxygen atoms in total. The number of hydrogen-bond acceptors (Lipinski definition) is 4. The minimum absolute atomic E-state index is 0.547. The van der Waals surface area contributed by atoms with E-state index in [1.54, 1.807) is 0 Å². The molecular weight excluding hydrogens is 771 g/mol. The molecule has 0 N–H and O–H groups in total. The van der Waals surface area contributed by atoms with Crippen molar-refractivity contribution in [1.82, 2.24) is 24.1 Å². The third-order valence-corrected chi connectivity index (χ3v) is 12.4. The van der Waals surface area contributed by atoms with Crippen molar-refractivity contribution in [3.05, 3.63) is 212 Å². The summed E-state index contributed by atoms with van der Waals surface area (Å²) >= 11 is 0. The molecule has 0 aliphatic rings. The molecule has 294 valence electrons. The predicted octanol–water partition coefficient (Wildman–Crippen LogP) is 14.6. The third kappa shape index (κ3) is 5.55. The van der Waals surface area contributed by atoms with Crippen LogP contribution in [0.15, 0.2) is 217 Å². The van der Waals surface area contributed by atoms with Gasteiger partial charge in [-0.3, -0.25) is 4.57 Å². The number of benzene rings is 9. The lowest BCUT2D eigenvalue weighted by atomic mass is 9.98. The van der Waals surface area contributed by atoms with Crippen LogP contribution in [0.25, 0.3) is 122 Å². The van der Waals surface area contributed by atoms with Crippen LogP contribution in [0.3, 0.4) is 0 Å². The van der Waals surface area contributed by atoms with E-state index in [4.69, 9.17) is 19.4 Å². The molecule has 0 unspecified atom stereocenters. The molecule has 0 amide bonds. The summed E-state index contributed by atoms with van der Waals surface area (Å²) in [5, 5.41) is 6.73. The lowest BCUT2D eigenvalue weighted by Crippen LogP contribution is -2.06. The normalized spacial score (nSPS) is 11.8. The largest absolute Gasteiger partial charge is 0.454 e. The first kappa shape index (κ1) is 35.2. The smallest absolute Gasteiger partial charge is 0.238 e. The highest BCUT2D eigenvalue weighted by Crippen LogP contribution is 2.44. The van der Waals surface area contributed by atoms with Crippen LogP contribution in [0, 0.1) is 0 Å². The molecule has 0 atom stereocenters. The minimum atomic E-state index is 0.547. The van der Waals surface area contributed by atoms with E-state index in [0.717, 1.165) is 105 Å². The summed E-state index contributed by atoms with van der Waals surface area (Å²) in [6.07, 6.45) is 0. The Morgan fingerprint density at radius 2 is 0.825 bits per heavy atom. The van der Waals surface area contributed by atoms with Crippen molar-refractivity contribution in [3.8, 4) is 56.7 Å². The molecule has 0 saturated heterocycles. The number of furan rings is 1. The maximum Gasteiger partial charge on any atom is 0.238 e. The quantitative estimate of drug-likeness (QED) is 0.168. The molecule has 0 aliphatic carbocycles. The Bertz CT molecular complexity index is 3890. The zero-order valence-electron chi connectivity index (χ0n) is 33.9. The molecule has 13 aromatic rings. The van der Waals surface area contributed by atoms with Gasteiger partial charge in [0.15, 0.2) is 17.2 Å². The molecule has 0 aliphatic heterocycles. The van der Waals surface area contributed by atoms with Crippen molar-refractivity contribution < 1.29 is 4.42 Å². The van der Waals surface area contributed by atoms with Crippen LogP contribution in [-0.2, 0) is 0 Å². The third-order valence-electron chi connectivity index (χ3n) is 12.4. The standard InChI is InChI=1S/C57H35N5O/c1-4-16-36(17-5-1)37-28-30-40(31-29-37)56-58-55(39-20-8-3-9-21-39)59-57(60-56)62-48-26-14-11-23-43(48)46-34-45-42-22-10-13-25-47(42)61(50(45)35-51(46)62)49-33-32-41(38-18-6-2-7-19-38)53-44-24-12-15-27-52(44)63-54(49)53/h1-35H. The van der Waals surface area contributed by atoms with Crippen LogP contribution >= 0.6 is 0 Å². The molecule has 4 aromatic heterocycles. The highest BCUT2D eigenvalue weighted by atomic mass is 16.3. The minimum Gasteiger partial charge on any atom is -0.454 e. The van der Waals surface area contributed by atoms with Crippen LogP contribution in [0.2, 0.25) is 0 Å². The molecule has 13 rings (SSSR count). The van der Waals surface area contributed by atoms with E-state index in [-0.39, 0.29) is 0 Å². The number of aromatic nitrogens is 5. The second-order valence-corrected chi connectivity index (χ2v) is 16.0. The molecule has 0 fully saturated rings. The van der Waals surface area contributed by atoms with Crippen LogP contribution in [0.4, 0.5) is 0 Å². The van der Waals surface area contributed by atoms with E-state index in [9.17, 15) is 0 Å². The molecule has 63 heavy (non-hydrogen) atoms. The van der Waals surface area contributed by atoms with Crippen molar-refractivity contribution in [1.29, 1.82) is 0 Å².